The van der Waals surface area contributed by atoms with Crippen molar-refractivity contribution in [3.05, 3.63) is 0 Å². The summed E-state index contributed by atoms with van der Waals surface area (Å²) in [6, 6.07) is 0. The summed E-state index contributed by atoms with van der Waals surface area (Å²) >= 11 is 0. The minimum absolute atomic E-state index is 0.574. The van der Waals surface area contributed by atoms with Crippen LogP contribution in [0.3, 0.4) is 0 Å². The van der Waals surface area contributed by atoms with Crippen molar-refractivity contribution in [2.45, 2.75) is 40.4 Å². The summed E-state index contributed by atoms with van der Waals surface area (Å²) < 4.78 is 5.46. The number of nitrogens with zero attached hydrogens (tertiary/aromatic N) is 2. The van der Waals surface area contributed by atoms with E-state index in [2.05, 4.69) is 49.2 Å². The molecule has 0 radical (unpaired) electrons. The Morgan fingerprint density at radius 1 is 0.846 bits per heavy atom. The molecule has 0 amide bonds. The van der Waals surface area contributed by atoms with Crippen molar-refractivity contribution in [3.8, 4) is 0 Å². The smallest absolute Gasteiger partial charge is 0.179 e. The lowest BCUT2D eigenvalue weighted by atomic mass is 10.7. The maximum atomic E-state index is 2.80. The minimum atomic E-state index is -0.762. The van der Waals surface area contributed by atoms with Gasteiger partial charge in [-0.25, -0.2) is 0 Å². The molecule has 1 unspecified atom stereocenters. The SMILES string of the molecule is CCN(CC)[SiH](C)N(CC)[SiH](C)C. The molecule has 4 heteroatoms. The molecule has 2 nitrogen and oxygen atoms in total. The molecule has 0 fully saturated rings. The third-order valence-corrected chi connectivity index (χ3v) is 10.7. The van der Waals surface area contributed by atoms with E-state index in [9.17, 15) is 0 Å². The molecule has 0 rings (SSSR count). The Morgan fingerprint density at radius 2 is 1.31 bits per heavy atom. The van der Waals surface area contributed by atoms with E-state index < -0.39 is 18.1 Å². The lowest BCUT2D eigenvalue weighted by molar-refractivity contribution is 0.441. The Labute approximate surface area is 87.4 Å². The summed E-state index contributed by atoms with van der Waals surface area (Å²) in [6.45, 7) is 17.9. The van der Waals surface area contributed by atoms with Crippen molar-refractivity contribution in [1.82, 2.24) is 8.80 Å². The second kappa shape index (κ2) is 6.76. The molecule has 0 N–H and O–H groups in total. The molecule has 0 saturated heterocycles. The summed E-state index contributed by atoms with van der Waals surface area (Å²) in [5.41, 5.74) is 0. The third kappa shape index (κ3) is 3.93. The molecule has 0 bridgehead atoms. The van der Waals surface area contributed by atoms with E-state index in [1.54, 1.807) is 0 Å². The fourth-order valence-corrected chi connectivity index (χ4v) is 8.78. The van der Waals surface area contributed by atoms with E-state index in [0.29, 0.717) is 0 Å². The normalized spacial score (nSPS) is 14.5. The summed E-state index contributed by atoms with van der Waals surface area (Å²) in [5, 5.41) is 0. The van der Waals surface area contributed by atoms with Crippen molar-refractivity contribution in [3.63, 3.8) is 0 Å². The van der Waals surface area contributed by atoms with Gasteiger partial charge in [0.25, 0.3) is 0 Å². The van der Waals surface area contributed by atoms with Gasteiger partial charge < -0.3 is 8.80 Å². The van der Waals surface area contributed by atoms with Gasteiger partial charge in [-0.15, -0.1) is 0 Å². The molecule has 0 aliphatic heterocycles. The maximum absolute atomic E-state index is 2.80. The van der Waals surface area contributed by atoms with Gasteiger partial charge in [0.2, 0.25) is 0 Å². The summed E-state index contributed by atoms with van der Waals surface area (Å²) in [4.78, 5) is 0. The Bertz CT molecular complexity index is 127. The topological polar surface area (TPSA) is 6.48 Å². The van der Waals surface area contributed by atoms with Crippen LogP contribution in [0.5, 0.6) is 0 Å². The van der Waals surface area contributed by atoms with E-state index in [4.69, 9.17) is 0 Å². The van der Waals surface area contributed by atoms with Crippen molar-refractivity contribution in [2.75, 3.05) is 19.6 Å². The third-order valence-electron chi connectivity index (χ3n) is 2.85. The van der Waals surface area contributed by atoms with Crippen LogP contribution in [0.15, 0.2) is 0 Å². The molecule has 80 valence electrons. The maximum Gasteiger partial charge on any atom is 0.179 e. The second-order valence-electron chi connectivity index (χ2n) is 3.78. The van der Waals surface area contributed by atoms with Crippen LogP contribution in [0, 0.1) is 0 Å². The van der Waals surface area contributed by atoms with Crippen molar-refractivity contribution in [1.29, 1.82) is 0 Å². The first kappa shape index (κ1) is 13.4. The van der Waals surface area contributed by atoms with Crippen LogP contribution in [-0.4, -0.2) is 46.5 Å². The van der Waals surface area contributed by atoms with Crippen LogP contribution in [0.25, 0.3) is 0 Å². The van der Waals surface area contributed by atoms with Crippen molar-refractivity contribution >= 4 is 18.1 Å². The van der Waals surface area contributed by atoms with Gasteiger partial charge in [0.05, 0.1) is 8.96 Å². The van der Waals surface area contributed by atoms with Crippen molar-refractivity contribution in [2.24, 2.45) is 0 Å². The number of rotatable bonds is 6. The molecule has 0 spiro atoms. The lowest BCUT2D eigenvalue weighted by Gasteiger charge is -2.37. The van der Waals surface area contributed by atoms with Crippen LogP contribution < -0.4 is 0 Å². The average molecular weight is 218 g/mol. The molecular weight excluding hydrogens is 192 g/mol. The van der Waals surface area contributed by atoms with Crippen LogP contribution in [-0.2, 0) is 0 Å². The summed E-state index contributed by atoms with van der Waals surface area (Å²) in [5.74, 6) is 0. The van der Waals surface area contributed by atoms with Gasteiger partial charge in [-0.2, -0.15) is 0 Å². The second-order valence-corrected chi connectivity index (χ2v) is 9.88. The van der Waals surface area contributed by atoms with Crippen LogP contribution in [0.1, 0.15) is 20.8 Å². The minimum Gasteiger partial charge on any atom is -0.339 e. The van der Waals surface area contributed by atoms with Crippen LogP contribution >= 0.6 is 0 Å². The fourth-order valence-electron chi connectivity index (χ4n) is 2.02. The molecule has 0 aromatic heterocycles. The fraction of sp³-hybridized carbons (Fsp3) is 1.00. The number of hydrogen-bond donors (Lipinski definition) is 0. The van der Waals surface area contributed by atoms with Gasteiger partial charge in [0.1, 0.15) is 0 Å². The van der Waals surface area contributed by atoms with Gasteiger partial charge in [-0.3, -0.25) is 0 Å². The lowest BCUT2D eigenvalue weighted by Crippen LogP contribution is -2.54. The zero-order chi connectivity index (χ0) is 10.4. The monoisotopic (exact) mass is 218 g/mol. The summed E-state index contributed by atoms with van der Waals surface area (Å²) in [7, 11) is -1.34. The molecule has 0 aromatic carbocycles. The highest BCUT2D eigenvalue weighted by molar-refractivity contribution is 6.69. The van der Waals surface area contributed by atoms with Crippen LogP contribution in [0.4, 0.5) is 0 Å². The first-order chi connectivity index (χ1) is 6.08. The molecule has 0 aliphatic rings. The van der Waals surface area contributed by atoms with Gasteiger partial charge in [0.15, 0.2) is 9.12 Å². The molecular formula is C9H26N2Si2. The molecule has 13 heavy (non-hydrogen) atoms. The largest absolute Gasteiger partial charge is 0.339 e. The first-order valence-corrected chi connectivity index (χ1v) is 10.6. The highest BCUT2D eigenvalue weighted by Gasteiger charge is 2.21. The Hall–Kier alpha value is 0.354. The zero-order valence-electron chi connectivity index (χ0n) is 10.2. The van der Waals surface area contributed by atoms with Gasteiger partial charge in [0, 0.05) is 0 Å². The van der Waals surface area contributed by atoms with E-state index >= 15 is 0 Å². The van der Waals surface area contributed by atoms with Crippen molar-refractivity contribution < 1.29 is 0 Å². The predicted octanol–water partition coefficient (Wildman–Crippen LogP) is 1.48. The highest BCUT2D eigenvalue weighted by Crippen LogP contribution is 2.04. The van der Waals surface area contributed by atoms with E-state index in [1.165, 1.54) is 19.6 Å². The quantitative estimate of drug-likeness (QED) is 0.623. The molecule has 1 atom stereocenters. The Morgan fingerprint density at radius 3 is 1.54 bits per heavy atom. The van der Waals surface area contributed by atoms with Crippen LogP contribution in [0.2, 0.25) is 19.6 Å². The van der Waals surface area contributed by atoms with E-state index in [-0.39, 0.29) is 0 Å². The van der Waals surface area contributed by atoms with Gasteiger partial charge >= 0.3 is 0 Å². The first-order valence-electron chi connectivity index (χ1n) is 5.58. The average Bonchev–Trinajstić information content (AvgIpc) is 2.07. The predicted molar refractivity (Wildman–Crippen MR) is 67.2 cm³/mol. The molecule has 0 saturated carbocycles. The van der Waals surface area contributed by atoms with Gasteiger partial charge in [-0.1, -0.05) is 33.9 Å². The zero-order valence-corrected chi connectivity index (χ0v) is 12.5. The molecule has 0 heterocycles. The van der Waals surface area contributed by atoms with E-state index in [0.717, 1.165) is 0 Å². The summed E-state index contributed by atoms with van der Waals surface area (Å²) in [6.07, 6.45) is 0. The molecule has 0 aromatic rings. The molecule has 0 aliphatic carbocycles. The Balaban J connectivity index is 4.24. The number of hydrogen-bond acceptors (Lipinski definition) is 2. The highest BCUT2D eigenvalue weighted by atomic mass is 28.4. The Kier molecular flexibility index (Phi) is 6.94. The standard InChI is InChI=1S/C9H26N2Si2/c1-7-10(8-2)13(6)11(9-3)12(4)5/h12-13H,7-9H2,1-6H3. The van der Waals surface area contributed by atoms with Gasteiger partial charge in [-0.05, 0) is 26.2 Å². The van der Waals surface area contributed by atoms with E-state index in [1.807, 2.05) is 0 Å².